The van der Waals surface area contributed by atoms with Gasteiger partial charge in [0.05, 0.1) is 5.41 Å². The molecule has 0 saturated heterocycles. The van der Waals surface area contributed by atoms with Crippen molar-refractivity contribution in [1.82, 2.24) is 0 Å². The Kier molecular flexibility index (Phi) is 7.27. The molecule has 2 rings (SSSR count). The molecule has 0 aliphatic heterocycles. The van der Waals surface area contributed by atoms with Gasteiger partial charge in [-0.05, 0) is 38.5 Å². The van der Waals surface area contributed by atoms with Crippen LogP contribution in [-0.2, 0) is 9.59 Å². The molecule has 2 saturated carbocycles. The van der Waals surface area contributed by atoms with Crippen LogP contribution in [0.25, 0.3) is 0 Å². The van der Waals surface area contributed by atoms with Gasteiger partial charge in [-0.2, -0.15) is 0 Å². The second kappa shape index (κ2) is 8.98. The summed E-state index contributed by atoms with van der Waals surface area (Å²) in [6, 6.07) is 0. The summed E-state index contributed by atoms with van der Waals surface area (Å²) < 4.78 is 0. The first-order chi connectivity index (χ1) is 11.5. The molecule has 2 amide bonds. The van der Waals surface area contributed by atoms with Gasteiger partial charge in [0.1, 0.15) is 0 Å². The first-order valence-electron chi connectivity index (χ1n) is 10.2. The number of hydrogen-bond acceptors (Lipinski definition) is 2. The number of carbonyl (C=O) groups excluding carboxylic acids is 2. The number of primary amides is 1. The van der Waals surface area contributed by atoms with Crippen molar-refractivity contribution in [3.8, 4) is 0 Å². The largest absolute Gasteiger partial charge is 0.369 e. The van der Waals surface area contributed by atoms with Crippen molar-refractivity contribution in [2.24, 2.45) is 16.6 Å². The summed E-state index contributed by atoms with van der Waals surface area (Å²) in [6.07, 6.45) is 19.1. The van der Waals surface area contributed by atoms with Crippen molar-refractivity contribution < 1.29 is 15.3 Å². The van der Waals surface area contributed by atoms with E-state index in [1.54, 1.807) is 0 Å². The number of amides is 2. The SMILES string of the molecule is NC(=O)C1(CCCCCCCCCCCCC2(C([NH3+])=O)CC2)CC1. The molecular weight excluding hydrogens is 300 g/mol. The molecule has 2 aliphatic rings. The van der Waals surface area contributed by atoms with Crippen molar-refractivity contribution in [1.29, 1.82) is 0 Å². The highest BCUT2D eigenvalue weighted by atomic mass is 16.2. The monoisotopic (exact) mass is 337 g/mol. The molecule has 2 aliphatic carbocycles. The molecule has 5 N–H and O–H groups in total. The molecule has 0 aromatic heterocycles. The first-order valence-corrected chi connectivity index (χ1v) is 10.2. The molecule has 0 heterocycles. The minimum absolute atomic E-state index is 0.00750. The quantitative estimate of drug-likeness (QED) is 0.448. The van der Waals surface area contributed by atoms with Gasteiger partial charge in [-0.1, -0.05) is 64.2 Å². The third-order valence-corrected chi connectivity index (χ3v) is 6.38. The number of quaternary nitrogens is 1. The van der Waals surface area contributed by atoms with E-state index in [4.69, 9.17) is 5.73 Å². The number of hydrogen-bond donors (Lipinski definition) is 2. The predicted molar refractivity (Wildman–Crippen MR) is 95.8 cm³/mol. The van der Waals surface area contributed by atoms with Crippen LogP contribution in [0, 0.1) is 10.8 Å². The van der Waals surface area contributed by atoms with Crippen LogP contribution >= 0.6 is 0 Å². The zero-order valence-electron chi connectivity index (χ0n) is 15.4. The van der Waals surface area contributed by atoms with Crippen molar-refractivity contribution >= 4 is 11.8 Å². The maximum atomic E-state index is 11.4. The van der Waals surface area contributed by atoms with Crippen LogP contribution in [-0.4, -0.2) is 11.8 Å². The van der Waals surface area contributed by atoms with Gasteiger partial charge in [-0.3, -0.25) is 10.5 Å². The molecule has 0 bridgehead atoms. The van der Waals surface area contributed by atoms with Crippen LogP contribution in [0.1, 0.15) is 103 Å². The number of rotatable bonds is 15. The Labute approximate surface area is 147 Å². The van der Waals surface area contributed by atoms with Gasteiger partial charge >= 0.3 is 5.91 Å². The second-order valence-corrected chi connectivity index (χ2v) is 8.38. The fraction of sp³-hybridized carbons (Fsp3) is 0.900. The normalized spacial score (nSPS) is 19.9. The lowest BCUT2D eigenvalue weighted by Gasteiger charge is -2.10. The average Bonchev–Trinajstić information content (AvgIpc) is 3.43. The minimum atomic E-state index is -0.0997. The van der Waals surface area contributed by atoms with Crippen molar-refractivity contribution in [3.05, 3.63) is 0 Å². The second-order valence-electron chi connectivity index (χ2n) is 8.38. The Hall–Kier alpha value is -0.900. The fourth-order valence-electron chi connectivity index (χ4n) is 3.93. The van der Waals surface area contributed by atoms with Crippen LogP contribution < -0.4 is 11.5 Å². The number of nitrogens with two attached hydrogens (primary N) is 1. The summed E-state index contributed by atoms with van der Waals surface area (Å²) in [5, 5.41) is 0. The highest BCUT2D eigenvalue weighted by Crippen LogP contribution is 2.50. The highest BCUT2D eigenvalue weighted by Gasteiger charge is 2.50. The standard InChI is InChI=1S/C20H36N2O2/c21-17(23)19(13-14-19)11-9-7-5-3-1-2-4-6-8-10-12-20(15-16-20)18(22)24/h1-16H2,(H2,21,23)(H2,22,24)/p+1. The third kappa shape index (κ3) is 5.87. The summed E-state index contributed by atoms with van der Waals surface area (Å²) in [5.41, 5.74) is 8.96. The van der Waals surface area contributed by atoms with Crippen LogP contribution in [0.4, 0.5) is 0 Å². The Bertz CT molecular complexity index is 385. The maximum absolute atomic E-state index is 11.4. The lowest BCUT2D eigenvalue weighted by atomic mass is 9.96. The lowest BCUT2D eigenvalue weighted by molar-refractivity contribution is -0.314. The van der Waals surface area contributed by atoms with Gasteiger partial charge in [-0.25, -0.2) is 4.79 Å². The predicted octanol–water partition coefficient (Wildman–Crippen LogP) is 3.48. The topological polar surface area (TPSA) is 87.8 Å². The van der Waals surface area contributed by atoms with E-state index in [0.717, 1.165) is 44.9 Å². The zero-order valence-corrected chi connectivity index (χ0v) is 15.4. The Balaban J connectivity index is 1.31. The molecule has 4 nitrogen and oxygen atoms in total. The Morgan fingerprint density at radius 3 is 1.29 bits per heavy atom. The zero-order chi connectivity index (χ0) is 17.5. The third-order valence-electron chi connectivity index (χ3n) is 6.38. The van der Waals surface area contributed by atoms with E-state index in [-0.39, 0.29) is 22.6 Å². The van der Waals surface area contributed by atoms with Gasteiger partial charge < -0.3 is 5.73 Å². The van der Waals surface area contributed by atoms with Crippen LogP contribution in [0.5, 0.6) is 0 Å². The fourth-order valence-corrected chi connectivity index (χ4v) is 3.93. The van der Waals surface area contributed by atoms with E-state index in [1.807, 2.05) is 0 Å². The van der Waals surface area contributed by atoms with Crippen LogP contribution in [0.2, 0.25) is 0 Å². The van der Waals surface area contributed by atoms with Crippen LogP contribution in [0.3, 0.4) is 0 Å². The molecule has 0 aromatic carbocycles. The highest BCUT2D eigenvalue weighted by molar-refractivity contribution is 5.83. The molecule has 0 radical (unpaired) electrons. The summed E-state index contributed by atoms with van der Waals surface area (Å²) in [5.74, 6) is 0.0978. The number of carbonyl (C=O) groups is 2. The molecule has 24 heavy (non-hydrogen) atoms. The van der Waals surface area contributed by atoms with E-state index in [0.29, 0.717) is 0 Å². The molecule has 4 heteroatoms. The van der Waals surface area contributed by atoms with Crippen LogP contribution in [0.15, 0.2) is 0 Å². The summed E-state index contributed by atoms with van der Waals surface area (Å²) in [4.78, 5) is 22.7. The number of unbranched alkanes of at least 4 members (excludes halogenated alkanes) is 9. The Morgan fingerprint density at radius 1 is 0.667 bits per heavy atom. The van der Waals surface area contributed by atoms with Gasteiger partial charge in [0.2, 0.25) is 5.91 Å². The average molecular weight is 338 g/mol. The van der Waals surface area contributed by atoms with E-state index < -0.39 is 0 Å². The summed E-state index contributed by atoms with van der Waals surface area (Å²) in [6.45, 7) is 0. The molecule has 2 fully saturated rings. The maximum Gasteiger partial charge on any atom is 0.314 e. The molecule has 0 atom stereocenters. The molecule has 0 aromatic rings. The van der Waals surface area contributed by atoms with Gasteiger partial charge in [0.25, 0.3) is 0 Å². The summed E-state index contributed by atoms with van der Waals surface area (Å²) >= 11 is 0. The smallest absolute Gasteiger partial charge is 0.314 e. The lowest BCUT2D eigenvalue weighted by Crippen LogP contribution is -2.61. The minimum Gasteiger partial charge on any atom is -0.369 e. The van der Waals surface area contributed by atoms with Gasteiger partial charge in [-0.15, -0.1) is 0 Å². The van der Waals surface area contributed by atoms with Crippen molar-refractivity contribution in [2.45, 2.75) is 103 Å². The van der Waals surface area contributed by atoms with E-state index in [9.17, 15) is 9.59 Å². The van der Waals surface area contributed by atoms with E-state index >= 15 is 0 Å². The van der Waals surface area contributed by atoms with Gasteiger partial charge in [0, 0.05) is 5.41 Å². The molecule has 0 spiro atoms. The molecule has 138 valence electrons. The van der Waals surface area contributed by atoms with Gasteiger partial charge in [0.15, 0.2) is 0 Å². The van der Waals surface area contributed by atoms with Crippen molar-refractivity contribution in [2.75, 3.05) is 0 Å². The van der Waals surface area contributed by atoms with E-state index in [1.165, 1.54) is 57.8 Å². The Morgan fingerprint density at radius 2 is 1.00 bits per heavy atom. The molecule has 0 unspecified atom stereocenters. The van der Waals surface area contributed by atoms with Crippen molar-refractivity contribution in [3.63, 3.8) is 0 Å². The van der Waals surface area contributed by atoms with E-state index in [2.05, 4.69) is 5.73 Å². The summed E-state index contributed by atoms with van der Waals surface area (Å²) in [7, 11) is 0. The first kappa shape index (κ1) is 19.4. The molecular formula is C20H37N2O2+.